The Kier molecular flexibility index (Phi) is 3.53. The Morgan fingerprint density at radius 1 is 1.30 bits per heavy atom. The van der Waals surface area contributed by atoms with E-state index in [1.54, 1.807) is 6.07 Å². The summed E-state index contributed by atoms with van der Waals surface area (Å²) < 4.78 is 30.3. The van der Waals surface area contributed by atoms with Crippen LogP contribution in [0.1, 0.15) is 18.6 Å². The lowest BCUT2D eigenvalue weighted by molar-refractivity contribution is -0.157. The summed E-state index contributed by atoms with van der Waals surface area (Å²) in [5, 5.41) is 9.25. The summed E-state index contributed by atoms with van der Waals surface area (Å²) in [6.45, 7) is 1.14. The Morgan fingerprint density at radius 3 is 2.45 bits per heavy atom. The molecule has 1 N–H and O–H groups in total. The van der Waals surface area contributed by atoms with E-state index in [4.69, 9.17) is 4.74 Å². The molecule has 1 aromatic carbocycles. The molecular weight excluding hydrogens is 286 g/mol. The Bertz CT molecular complexity index is 668. The molecule has 1 heterocycles. The highest BCUT2D eigenvalue weighted by Gasteiger charge is 2.47. The lowest BCUT2D eigenvalue weighted by atomic mass is 10.0. The number of nitrogens with zero attached hydrogens (tertiary/aromatic N) is 1. The first-order valence-electron chi connectivity index (χ1n) is 5.74. The fraction of sp³-hybridized carbons (Fsp3) is 0.333. The van der Waals surface area contributed by atoms with Gasteiger partial charge >= 0.3 is 11.9 Å². The van der Waals surface area contributed by atoms with Crippen molar-refractivity contribution in [3.05, 3.63) is 29.8 Å². The van der Waals surface area contributed by atoms with Crippen molar-refractivity contribution in [2.24, 2.45) is 0 Å². The first-order chi connectivity index (χ1) is 9.26. The normalized spacial score (nSPS) is 24.7. The molecule has 0 saturated heterocycles. The molecule has 2 atom stereocenters. The number of aliphatic carboxylic acids is 1. The van der Waals surface area contributed by atoms with Crippen molar-refractivity contribution in [2.45, 2.75) is 24.0 Å². The summed E-state index contributed by atoms with van der Waals surface area (Å²) in [6.07, 6.45) is -1.17. The van der Waals surface area contributed by atoms with Gasteiger partial charge in [0.05, 0.1) is 4.90 Å². The predicted molar refractivity (Wildman–Crippen MR) is 67.3 cm³/mol. The number of fused-ring (bicyclic) bond motifs is 1. The summed E-state index contributed by atoms with van der Waals surface area (Å²) in [6, 6.07) is 4.41. The number of likely N-dealkylation sites (N-methyl/N-ethyl adjacent to an activating group) is 1. The van der Waals surface area contributed by atoms with Crippen LogP contribution in [0.4, 0.5) is 0 Å². The zero-order chi connectivity index (χ0) is 15.1. The summed E-state index contributed by atoms with van der Waals surface area (Å²) in [4.78, 5) is 22.5. The van der Waals surface area contributed by atoms with Crippen LogP contribution >= 0.6 is 0 Å². The third-order valence-corrected chi connectivity index (χ3v) is 5.02. The molecule has 1 aromatic rings. The van der Waals surface area contributed by atoms with E-state index in [9.17, 15) is 23.1 Å². The van der Waals surface area contributed by atoms with Gasteiger partial charge < -0.3 is 9.84 Å². The smallest absolute Gasteiger partial charge is 0.326 e. The van der Waals surface area contributed by atoms with Crippen LogP contribution < -0.4 is 0 Å². The number of rotatable bonds is 2. The van der Waals surface area contributed by atoms with Crippen LogP contribution in [0.25, 0.3) is 0 Å². The molecule has 8 heteroatoms. The summed E-state index contributed by atoms with van der Waals surface area (Å²) in [5.41, 5.74) is 0.174. The first kappa shape index (κ1) is 14.5. The van der Waals surface area contributed by atoms with Gasteiger partial charge in [0.2, 0.25) is 10.0 Å². The van der Waals surface area contributed by atoms with Gasteiger partial charge in [-0.3, -0.25) is 9.59 Å². The van der Waals surface area contributed by atoms with Crippen LogP contribution in [0.3, 0.4) is 0 Å². The van der Waals surface area contributed by atoms with Gasteiger partial charge in [0, 0.05) is 19.5 Å². The Hall–Kier alpha value is -1.93. The Balaban J connectivity index is 2.69. The van der Waals surface area contributed by atoms with Crippen LogP contribution in [0.2, 0.25) is 0 Å². The number of carboxylic acids is 1. The van der Waals surface area contributed by atoms with Gasteiger partial charge in [0.1, 0.15) is 0 Å². The lowest BCUT2D eigenvalue weighted by Crippen LogP contribution is -2.50. The van der Waals surface area contributed by atoms with Crippen LogP contribution in [0, 0.1) is 0 Å². The van der Waals surface area contributed by atoms with E-state index in [-0.39, 0.29) is 10.5 Å². The number of carbonyl (C=O) groups excluding carboxylic acids is 1. The summed E-state index contributed by atoms with van der Waals surface area (Å²) in [7, 11) is -2.77. The first-order valence-corrected chi connectivity index (χ1v) is 7.18. The van der Waals surface area contributed by atoms with E-state index >= 15 is 0 Å². The highest BCUT2D eigenvalue weighted by atomic mass is 32.2. The molecule has 0 aliphatic carbocycles. The maximum atomic E-state index is 12.3. The SMILES string of the molecule is CC(=O)OC1c2ccccc2S(=O)(=O)N(C)C1C(=O)O. The Labute approximate surface area is 115 Å². The molecule has 108 valence electrons. The molecule has 7 nitrogen and oxygen atoms in total. The molecule has 20 heavy (non-hydrogen) atoms. The van der Waals surface area contributed by atoms with Crippen LogP contribution in [-0.2, 0) is 24.3 Å². The van der Waals surface area contributed by atoms with E-state index < -0.39 is 34.1 Å². The zero-order valence-corrected chi connectivity index (χ0v) is 11.6. The summed E-state index contributed by atoms with van der Waals surface area (Å²) >= 11 is 0. The van der Waals surface area contributed by atoms with Gasteiger partial charge in [-0.15, -0.1) is 0 Å². The molecule has 0 bridgehead atoms. The van der Waals surface area contributed by atoms with Crippen LogP contribution in [0.5, 0.6) is 0 Å². The van der Waals surface area contributed by atoms with Crippen molar-refractivity contribution in [1.29, 1.82) is 0 Å². The van der Waals surface area contributed by atoms with Crippen molar-refractivity contribution < 1.29 is 27.9 Å². The van der Waals surface area contributed by atoms with Crippen LogP contribution in [-0.4, -0.2) is 42.9 Å². The van der Waals surface area contributed by atoms with Crippen molar-refractivity contribution in [1.82, 2.24) is 4.31 Å². The molecule has 0 saturated carbocycles. The number of benzene rings is 1. The van der Waals surface area contributed by atoms with Gasteiger partial charge in [-0.1, -0.05) is 18.2 Å². The van der Waals surface area contributed by atoms with E-state index in [2.05, 4.69) is 0 Å². The predicted octanol–water partition coefficient (Wildman–Crippen LogP) is 0.378. The molecule has 0 radical (unpaired) electrons. The number of hydrogen-bond donors (Lipinski definition) is 1. The molecule has 1 aliphatic heterocycles. The number of ether oxygens (including phenoxy) is 1. The number of carboxylic acid groups (broad SMARTS) is 1. The largest absolute Gasteiger partial charge is 0.480 e. The average molecular weight is 299 g/mol. The quantitative estimate of drug-likeness (QED) is 0.792. The molecule has 1 aliphatic rings. The monoisotopic (exact) mass is 299 g/mol. The minimum absolute atomic E-state index is 0.0498. The van der Waals surface area contributed by atoms with Gasteiger partial charge in [-0.05, 0) is 6.07 Å². The number of carbonyl (C=O) groups is 2. The molecule has 0 amide bonds. The maximum absolute atomic E-state index is 12.3. The average Bonchev–Trinajstić information content (AvgIpc) is 2.35. The standard InChI is InChI=1S/C12H13NO6S/c1-7(14)19-11-8-5-3-4-6-9(8)20(17,18)13(2)10(11)12(15)16/h3-6,10-11H,1-2H3,(H,15,16). The van der Waals surface area contributed by atoms with Gasteiger partial charge in [-0.25, -0.2) is 8.42 Å². The summed E-state index contributed by atoms with van der Waals surface area (Å²) in [5.74, 6) is -2.06. The lowest BCUT2D eigenvalue weighted by Gasteiger charge is -2.36. The van der Waals surface area contributed by atoms with E-state index in [1.807, 2.05) is 0 Å². The topological polar surface area (TPSA) is 101 Å². The van der Waals surface area contributed by atoms with Gasteiger partial charge in [0.15, 0.2) is 12.1 Å². The fourth-order valence-corrected chi connectivity index (χ4v) is 3.75. The molecular formula is C12H13NO6S. The van der Waals surface area contributed by atoms with Crippen LogP contribution in [0.15, 0.2) is 29.2 Å². The minimum Gasteiger partial charge on any atom is -0.480 e. The van der Waals surface area contributed by atoms with Crippen molar-refractivity contribution in [3.8, 4) is 0 Å². The zero-order valence-electron chi connectivity index (χ0n) is 10.8. The fourth-order valence-electron chi connectivity index (χ4n) is 2.21. The Morgan fingerprint density at radius 2 is 1.90 bits per heavy atom. The minimum atomic E-state index is -3.92. The molecule has 0 spiro atoms. The second-order valence-corrected chi connectivity index (χ2v) is 6.34. The molecule has 0 aromatic heterocycles. The number of hydrogen-bond acceptors (Lipinski definition) is 5. The van der Waals surface area contributed by atoms with Crippen molar-refractivity contribution >= 4 is 22.0 Å². The molecule has 0 fully saturated rings. The van der Waals surface area contributed by atoms with Gasteiger partial charge in [0.25, 0.3) is 0 Å². The maximum Gasteiger partial charge on any atom is 0.326 e. The highest BCUT2D eigenvalue weighted by Crippen LogP contribution is 2.38. The van der Waals surface area contributed by atoms with E-state index in [0.717, 1.165) is 14.0 Å². The number of esters is 1. The van der Waals surface area contributed by atoms with E-state index in [0.29, 0.717) is 4.31 Å². The second kappa shape index (κ2) is 4.88. The number of sulfonamides is 1. The van der Waals surface area contributed by atoms with E-state index in [1.165, 1.54) is 18.2 Å². The molecule has 2 unspecified atom stereocenters. The van der Waals surface area contributed by atoms with Gasteiger partial charge in [-0.2, -0.15) is 4.31 Å². The highest BCUT2D eigenvalue weighted by molar-refractivity contribution is 7.89. The third-order valence-electron chi connectivity index (χ3n) is 3.11. The van der Waals surface area contributed by atoms with Crippen molar-refractivity contribution in [3.63, 3.8) is 0 Å². The third kappa shape index (κ3) is 2.16. The molecule has 2 rings (SSSR count). The van der Waals surface area contributed by atoms with Crippen molar-refractivity contribution in [2.75, 3.05) is 7.05 Å². The second-order valence-electron chi connectivity index (χ2n) is 4.37.